The second-order valence-electron chi connectivity index (χ2n) is 6.61. The van der Waals surface area contributed by atoms with Crippen molar-refractivity contribution in [1.82, 2.24) is 5.32 Å². The van der Waals surface area contributed by atoms with Gasteiger partial charge in [0.1, 0.15) is 0 Å². The van der Waals surface area contributed by atoms with Gasteiger partial charge >= 0.3 is 0 Å². The van der Waals surface area contributed by atoms with Crippen LogP contribution in [0.4, 0.5) is 0 Å². The first-order chi connectivity index (χ1) is 8.38. The molecule has 2 rings (SSSR count). The van der Waals surface area contributed by atoms with E-state index in [1.165, 1.54) is 29.5 Å². The molecule has 0 bridgehead atoms. The maximum Gasteiger partial charge on any atom is 0.0424 e. The number of nitrogens with two attached hydrogens (primary N) is 1. The number of rotatable bonds is 4. The monoisotopic (exact) mass is 246 g/mol. The van der Waals surface area contributed by atoms with Crippen LogP contribution >= 0.6 is 0 Å². The van der Waals surface area contributed by atoms with Crippen molar-refractivity contribution in [3.05, 3.63) is 34.9 Å². The maximum absolute atomic E-state index is 6.32. The zero-order chi connectivity index (χ0) is 13.3. The summed E-state index contributed by atoms with van der Waals surface area (Å²) in [5.41, 5.74) is 10.5. The SMILES string of the molecule is Cc1ccc(C(C)(C)C)cc1C(N)CNC1CC1. The van der Waals surface area contributed by atoms with Crippen LogP contribution in [0.15, 0.2) is 18.2 Å². The van der Waals surface area contributed by atoms with E-state index < -0.39 is 0 Å². The molecule has 18 heavy (non-hydrogen) atoms. The van der Waals surface area contributed by atoms with Crippen LogP contribution in [0.2, 0.25) is 0 Å². The number of benzene rings is 1. The molecule has 0 saturated heterocycles. The molecule has 1 aliphatic rings. The van der Waals surface area contributed by atoms with E-state index in [-0.39, 0.29) is 11.5 Å². The molecule has 1 aromatic rings. The van der Waals surface area contributed by atoms with Crippen molar-refractivity contribution in [2.45, 2.75) is 58.0 Å². The maximum atomic E-state index is 6.32. The third kappa shape index (κ3) is 3.33. The number of hydrogen-bond acceptors (Lipinski definition) is 2. The Bertz CT molecular complexity index is 414. The Morgan fingerprint density at radius 3 is 2.56 bits per heavy atom. The highest BCUT2D eigenvalue weighted by Crippen LogP contribution is 2.27. The van der Waals surface area contributed by atoms with Crippen molar-refractivity contribution in [3.63, 3.8) is 0 Å². The molecule has 1 atom stereocenters. The van der Waals surface area contributed by atoms with Gasteiger partial charge in [-0.15, -0.1) is 0 Å². The van der Waals surface area contributed by atoms with E-state index in [0.29, 0.717) is 0 Å². The molecule has 1 fully saturated rings. The van der Waals surface area contributed by atoms with Gasteiger partial charge < -0.3 is 11.1 Å². The van der Waals surface area contributed by atoms with Crippen LogP contribution in [-0.2, 0) is 5.41 Å². The molecular formula is C16H26N2. The van der Waals surface area contributed by atoms with Crippen molar-refractivity contribution in [2.24, 2.45) is 5.73 Å². The molecule has 3 N–H and O–H groups in total. The van der Waals surface area contributed by atoms with Gasteiger partial charge in [0.05, 0.1) is 0 Å². The fourth-order valence-corrected chi connectivity index (χ4v) is 2.20. The van der Waals surface area contributed by atoms with E-state index in [1.807, 2.05) is 0 Å². The Morgan fingerprint density at radius 1 is 1.33 bits per heavy atom. The fourth-order valence-electron chi connectivity index (χ4n) is 2.20. The first-order valence-electron chi connectivity index (χ1n) is 6.98. The molecule has 1 aliphatic carbocycles. The molecule has 1 aromatic carbocycles. The van der Waals surface area contributed by atoms with Crippen LogP contribution in [0, 0.1) is 6.92 Å². The molecule has 0 heterocycles. The van der Waals surface area contributed by atoms with Crippen LogP contribution in [-0.4, -0.2) is 12.6 Å². The fraction of sp³-hybridized carbons (Fsp3) is 0.625. The molecular weight excluding hydrogens is 220 g/mol. The second kappa shape index (κ2) is 5.02. The van der Waals surface area contributed by atoms with E-state index in [0.717, 1.165) is 12.6 Å². The number of hydrogen-bond donors (Lipinski definition) is 2. The topological polar surface area (TPSA) is 38.0 Å². The van der Waals surface area contributed by atoms with Crippen LogP contribution < -0.4 is 11.1 Å². The largest absolute Gasteiger partial charge is 0.323 e. The van der Waals surface area contributed by atoms with Gasteiger partial charge in [-0.1, -0.05) is 39.0 Å². The van der Waals surface area contributed by atoms with E-state index in [1.54, 1.807) is 0 Å². The lowest BCUT2D eigenvalue weighted by Gasteiger charge is -2.23. The molecule has 0 aliphatic heterocycles. The predicted octanol–water partition coefficient (Wildman–Crippen LogP) is 3.04. The lowest BCUT2D eigenvalue weighted by atomic mass is 9.84. The van der Waals surface area contributed by atoms with Crippen molar-refractivity contribution < 1.29 is 0 Å². The summed E-state index contributed by atoms with van der Waals surface area (Å²) in [6.45, 7) is 9.78. The van der Waals surface area contributed by atoms with Gasteiger partial charge in [0.25, 0.3) is 0 Å². The predicted molar refractivity (Wildman–Crippen MR) is 77.8 cm³/mol. The summed E-state index contributed by atoms with van der Waals surface area (Å²) < 4.78 is 0. The van der Waals surface area contributed by atoms with Crippen molar-refractivity contribution in [3.8, 4) is 0 Å². The smallest absolute Gasteiger partial charge is 0.0424 e. The number of aryl methyl sites for hydroxylation is 1. The highest BCUT2D eigenvalue weighted by Gasteiger charge is 2.22. The first-order valence-corrected chi connectivity index (χ1v) is 6.98. The summed E-state index contributed by atoms with van der Waals surface area (Å²) in [5.74, 6) is 0. The second-order valence-corrected chi connectivity index (χ2v) is 6.61. The zero-order valence-corrected chi connectivity index (χ0v) is 12.1. The minimum Gasteiger partial charge on any atom is -0.323 e. The first kappa shape index (κ1) is 13.6. The zero-order valence-electron chi connectivity index (χ0n) is 12.1. The molecule has 100 valence electrons. The van der Waals surface area contributed by atoms with Gasteiger partial charge in [-0.3, -0.25) is 0 Å². The van der Waals surface area contributed by atoms with Gasteiger partial charge in [-0.25, -0.2) is 0 Å². The minimum absolute atomic E-state index is 0.105. The molecule has 0 spiro atoms. The van der Waals surface area contributed by atoms with Crippen LogP contribution in [0.5, 0.6) is 0 Å². The minimum atomic E-state index is 0.105. The van der Waals surface area contributed by atoms with E-state index in [9.17, 15) is 0 Å². The average molecular weight is 246 g/mol. The Morgan fingerprint density at radius 2 is 2.00 bits per heavy atom. The third-order valence-electron chi connectivity index (χ3n) is 3.75. The Hall–Kier alpha value is -0.860. The Labute approximate surface area is 111 Å². The summed E-state index contributed by atoms with van der Waals surface area (Å²) in [6, 6.07) is 7.54. The highest BCUT2D eigenvalue weighted by molar-refractivity contribution is 5.36. The molecule has 1 unspecified atom stereocenters. The van der Waals surface area contributed by atoms with Crippen LogP contribution in [0.25, 0.3) is 0 Å². The van der Waals surface area contributed by atoms with E-state index >= 15 is 0 Å². The van der Waals surface area contributed by atoms with Gasteiger partial charge in [0, 0.05) is 18.6 Å². The summed E-state index contributed by atoms with van der Waals surface area (Å²) in [6.07, 6.45) is 2.63. The quantitative estimate of drug-likeness (QED) is 0.857. The van der Waals surface area contributed by atoms with Gasteiger partial charge in [0.15, 0.2) is 0 Å². The normalized spacial score (nSPS) is 17.8. The highest BCUT2D eigenvalue weighted by atomic mass is 15.0. The van der Waals surface area contributed by atoms with Crippen LogP contribution in [0.1, 0.15) is 56.3 Å². The Kier molecular flexibility index (Phi) is 3.79. The van der Waals surface area contributed by atoms with Crippen molar-refractivity contribution in [1.29, 1.82) is 0 Å². The number of nitrogens with one attached hydrogen (secondary N) is 1. The summed E-state index contributed by atoms with van der Waals surface area (Å²) in [7, 11) is 0. The molecule has 0 amide bonds. The molecule has 2 nitrogen and oxygen atoms in total. The molecule has 0 aromatic heterocycles. The molecule has 0 radical (unpaired) electrons. The molecule has 1 saturated carbocycles. The Balaban J connectivity index is 2.13. The average Bonchev–Trinajstić information content (AvgIpc) is 3.08. The lowest BCUT2D eigenvalue weighted by molar-refractivity contribution is 0.575. The van der Waals surface area contributed by atoms with Crippen LogP contribution in [0.3, 0.4) is 0 Å². The van der Waals surface area contributed by atoms with Gasteiger partial charge in [-0.2, -0.15) is 0 Å². The summed E-state index contributed by atoms with van der Waals surface area (Å²) in [4.78, 5) is 0. The summed E-state index contributed by atoms with van der Waals surface area (Å²) >= 11 is 0. The standard InChI is InChI=1S/C16H26N2/c1-11-5-6-12(16(2,3)4)9-14(11)15(17)10-18-13-7-8-13/h5-6,9,13,15,18H,7-8,10,17H2,1-4H3. The van der Waals surface area contributed by atoms with Crippen molar-refractivity contribution in [2.75, 3.05) is 6.54 Å². The van der Waals surface area contributed by atoms with Crippen molar-refractivity contribution >= 4 is 0 Å². The van der Waals surface area contributed by atoms with E-state index in [2.05, 4.69) is 51.2 Å². The lowest BCUT2D eigenvalue weighted by Crippen LogP contribution is -2.29. The summed E-state index contributed by atoms with van der Waals surface area (Å²) in [5, 5.41) is 3.52. The van der Waals surface area contributed by atoms with Gasteiger partial charge in [-0.05, 0) is 41.9 Å². The van der Waals surface area contributed by atoms with E-state index in [4.69, 9.17) is 5.73 Å². The van der Waals surface area contributed by atoms with Gasteiger partial charge in [0.2, 0.25) is 0 Å². The molecule has 2 heteroatoms. The third-order valence-corrected chi connectivity index (χ3v) is 3.75.